The fraction of sp³-hybridized carbons (Fsp3) is 0.500. The molecule has 5 aliphatic rings. The number of aliphatic hydroxyl groups is 1. The predicted octanol–water partition coefficient (Wildman–Crippen LogP) is 4.04. The van der Waals surface area contributed by atoms with Crippen molar-refractivity contribution >= 4 is 46.3 Å². The second kappa shape index (κ2) is 15.9. The smallest absolute Gasteiger partial charge is 0.327 e. The largest absolute Gasteiger partial charge is 0.460 e. The van der Waals surface area contributed by atoms with Gasteiger partial charge in [-0.1, -0.05) is 72.8 Å². The molecule has 3 aromatic rings. The molecular formula is C44H50IN3O10. The van der Waals surface area contributed by atoms with E-state index in [1.54, 1.807) is 32.9 Å². The third-order valence-corrected chi connectivity index (χ3v) is 13.1. The van der Waals surface area contributed by atoms with Crippen molar-refractivity contribution in [2.45, 2.75) is 120 Å². The molecule has 2 aliphatic carbocycles. The summed E-state index contributed by atoms with van der Waals surface area (Å²) in [5.41, 5.74) is 1.72. The highest BCUT2D eigenvalue weighted by atomic mass is 127. The van der Waals surface area contributed by atoms with Crippen molar-refractivity contribution in [3.63, 3.8) is 0 Å². The highest BCUT2D eigenvalue weighted by Crippen LogP contribution is 2.59. The number of fused-ring (bicyclic) bond motifs is 5. The number of amides is 2. The summed E-state index contributed by atoms with van der Waals surface area (Å²) in [6.07, 6.45) is -1.88. The van der Waals surface area contributed by atoms with Gasteiger partial charge in [0.05, 0.1) is 19.2 Å². The van der Waals surface area contributed by atoms with Crippen molar-refractivity contribution in [3.05, 3.63) is 105 Å². The molecule has 0 unspecified atom stereocenters. The van der Waals surface area contributed by atoms with Crippen molar-refractivity contribution in [2.75, 3.05) is 13.7 Å². The number of ether oxygens (including phenoxy) is 4. The van der Waals surface area contributed by atoms with Crippen LogP contribution in [0, 0.1) is 8.99 Å². The summed E-state index contributed by atoms with van der Waals surface area (Å²) < 4.78 is 26.3. The van der Waals surface area contributed by atoms with Crippen molar-refractivity contribution in [1.82, 2.24) is 15.3 Å². The summed E-state index contributed by atoms with van der Waals surface area (Å²) in [7, 11) is 1.57. The lowest BCUT2D eigenvalue weighted by Gasteiger charge is -2.50. The maximum Gasteiger partial charge on any atom is 0.327 e. The molecule has 58 heavy (non-hydrogen) atoms. The fourth-order valence-electron chi connectivity index (χ4n) is 9.44. The molecule has 308 valence electrons. The normalized spacial score (nSPS) is 27.6. The van der Waals surface area contributed by atoms with Crippen LogP contribution in [0.15, 0.2) is 78.9 Å². The van der Waals surface area contributed by atoms with Crippen LogP contribution >= 0.6 is 22.6 Å². The van der Waals surface area contributed by atoms with Gasteiger partial charge in [-0.05, 0) is 78.1 Å². The number of hydroxylamine groups is 2. The lowest BCUT2D eigenvalue weighted by Crippen LogP contribution is -2.70. The standard InChI is InChI=1S/C44H50IN3O10/c1-42(2,3)55-34(50)19-18-30(25-49)46-39(51)32(20-26-12-6-5-7-13-26)47(4)41(53)44-23-33-35-36(57-43(56-35)21-27-14-8-9-15-28(27)22-43)38(44)58-48(37(44)40(52)54-33)24-29-16-10-11-17-31(29)45/h5-17,30,32-33,35-38,49H,18-25H2,1-4H3,(H,46,51)/t30-,32+,33+,35-,36-,37-,38+,44-/m0/s1. The number of nitrogens with zero attached hydrogens (tertiary/aromatic N) is 2. The monoisotopic (exact) mass is 907 g/mol. The highest BCUT2D eigenvalue weighted by Gasteiger charge is 2.77. The van der Waals surface area contributed by atoms with Crippen LogP contribution in [0.4, 0.5) is 0 Å². The molecule has 1 saturated carbocycles. The number of esters is 2. The molecule has 3 heterocycles. The number of halogens is 1. The van der Waals surface area contributed by atoms with E-state index in [2.05, 4.69) is 40.0 Å². The topological polar surface area (TPSA) is 153 Å². The van der Waals surface area contributed by atoms with Crippen molar-refractivity contribution in [2.24, 2.45) is 5.41 Å². The molecule has 0 radical (unpaired) electrons. The van der Waals surface area contributed by atoms with E-state index in [1.165, 1.54) is 4.90 Å². The summed E-state index contributed by atoms with van der Waals surface area (Å²) in [6.45, 7) is 5.08. The van der Waals surface area contributed by atoms with Crippen molar-refractivity contribution in [3.8, 4) is 0 Å². The van der Waals surface area contributed by atoms with E-state index in [1.807, 2.05) is 66.7 Å². The Hall–Kier alpha value is -3.93. The van der Waals surface area contributed by atoms with Crippen LogP contribution in [-0.2, 0) is 68.8 Å². The molecule has 2 N–H and O–H groups in total. The van der Waals surface area contributed by atoms with Crippen LogP contribution in [0.5, 0.6) is 0 Å². The average molecular weight is 908 g/mol. The summed E-state index contributed by atoms with van der Waals surface area (Å²) in [6, 6.07) is 22.2. The molecule has 14 heteroatoms. The molecule has 2 amide bonds. The zero-order chi connectivity index (χ0) is 41.0. The van der Waals surface area contributed by atoms with Gasteiger partial charge in [-0.3, -0.25) is 24.0 Å². The number of aliphatic hydroxyl groups excluding tert-OH is 1. The third-order valence-electron chi connectivity index (χ3n) is 12.0. The van der Waals surface area contributed by atoms with Crippen LogP contribution in [0.3, 0.4) is 0 Å². The quantitative estimate of drug-likeness (QED) is 0.200. The maximum absolute atomic E-state index is 15.6. The van der Waals surface area contributed by atoms with Crippen LogP contribution in [0.2, 0.25) is 0 Å². The number of carbonyl (C=O) groups excluding carboxylic acids is 4. The second-order valence-corrected chi connectivity index (χ2v) is 18.3. The van der Waals surface area contributed by atoms with Gasteiger partial charge in [0.1, 0.15) is 41.5 Å². The number of hydrogen-bond donors (Lipinski definition) is 2. The Morgan fingerprint density at radius 3 is 2.31 bits per heavy atom. The van der Waals surface area contributed by atoms with Crippen LogP contribution < -0.4 is 5.32 Å². The Balaban J connectivity index is 1.13. The van der Waals surface area contributed by atoms with E-state index in [-0.39, 0.29) is 32.2 Å². The van der Waals surface area contributed by atoms with Gasteiger partial charge in [0.25, 0.3) is 0 Å². The number of rotatable bonds is 12. The van der Waals surface area contributed by atoms with E-state index in [0.717, 1.165) is 25.8 Å². The first-order valence-electron chi connectivity index (χ1n) is 19.9. The van der Waals surface area contributed by atoms with E-state index >= 15 is 4.79 Å². The first kappa shape index (κ1) is 40.8. The van der Waals surface area contributed by atoms with E-state index in [9.17, 15) is 19.5 Å². The number of likely N-dealkylation sites (N-methyl/N-ethyl adjacent to an activating group) is 1. The maximum atomic E-state index is 15.6. The van der Waals surface area contributed by atoms with Gasteiger partial charge in [-0.2, -0.15) is 5.06 Å². The first-order valence-corrected chi connectivity index (χ1v) is 21.0. The van der Waals surface area contributed by atoms with Crippen LogP contribution in [0.25, 0.3) is 0 Å². The Bertz CT molecular complexity index is 2030. The zero-order valence-corrected chi connectivity index (χ0v) is 35.3. The average Bonchev–Trinajstić information content (AvgIpc) is 3.86. The van der Waals surface area contributed by atoms with Crippen LogP contribution in [0.1, 0.15) is 62.3 Å². The summed E-state index contributed by atoms with van der Waals surface area (Å²) >= 11 is 2.24. The molecule has 8 atom stereocenters. The molecule has 3 aromatic carbocycles. The first-order chi connectivity index (χ1) is 27.7. The van der Waals surface area contributed by atoms with Gasteiger partial charge >= 0.3 is 11.9 Å². The number of benzene rings is 3. The summed E-state index contributed by atoms with van der Waals surface area (Å²) in [5, 5.41) is 14.8. The van der Waals surface area contributed by atoms with E-state index in [4.69, 9.17) is 23.8 Å². The molecule has 2 bridgehead atoms. The lowest BCUT2D eigenvalue weighted by molar-refractivity contribution is -0.218. The van der Waals surface area contributed by atoms with E-state index in [0.29, 0.717) is 12.8 Å². The zero-order valence-electron chi connectivity index (χ0n) is 33.1. The van der Waals surface area contributed by atoms with Gasteiger partial charge in [0.2, 0.25) is 11.8 Å². The minimum atomic E-state index is -1.52. The lowest BCUT2D eigenvalue weighted by atomic mass is 9.62. The van der Waals surface area contributed by atoms with Gasteiger partial charge < -0.3 is 34.3 Å². The molecule has 0 aromatic heterocycles. The van der Waals surface area contributed by atoms with E-state index < -0.39 is 89.7 Å². The molecular weight excluding hydrogens is 857 g/mol. The predicted molar refractivity (Wildman–Crippen MR) is 217 cm³/mol. The molecule has 3 aliphatic heterocycles. The summed E-state index contributed by atoms with van der Waals surface area (Å²) in [4.78, 5) is 65.2. The number of nitrogens with one attached hydrogen (secondary N) is 1. The summed E-state index contributed by atoms with van der Waals surface area (Å²) in [5.74, 6) is -3.05. The minimum Gasteiger partial charge on any atom is -0.460 e. The van der Waals surface area contributed by atoms with Crippen molar-refractivity contribution in [1.29, 1.82) is 0 Å². The Morgan fingerprint density at radius 1 is 0.983 bits per heavy atom. The Labute approximate surface area is 351 Å². The highest BCUT2D eigenvalue weighted by molar-refractivity contribution is 14.1. The number of carbonyl (C=O) groups is 4. The molecule has 3 saturated heterocycles. The van der Waals surface area contributed by atoms with Gasteiger partial charge in [-0.25, -0.2) is 0 Å². The molecule has 13 nitrogen and oxygen atoms in total. The SMILES string of the molecule is CN(C(=O)[C@@]12C[C@H]3OC(=O)[C@@H]1N(Cc1ccccc1I)O[C@@H]2[C@H]1OC2(Cc4ccccc4C2)O[C@H]13)[C@H](Cc1ccccc1)C(=O)N[C@H](CO)CCC(=O)OC(C)(C)C. The molecule has 8 rings (SSSR count). The van der Waals surface area contributed by atoms with Gasteiger partial charge in [-0.15, -0.1) is 0 Å². The molecule has 4 fully saturated rings. The molecule has 1 spiro atoms. The van der Waals surface area contributed by atoms with Crippen molar-refractivity contribution < 1.29 is 48.1 Å². The van der Waals surface area contributed by atoms with Gasteiger partial charge in [0.15, 0.2) is 11.8 Å². The second-order valence-electron chi connectivity index (χ2n) is 17.1. The van der Waals surface area contributed by atoms with Crippen LogP contribution in [-0.4, -0.2) is 106 Å². The minimum absolute atomic E-state index is 0.0262. The Kier molecular flexibility index (Phi) is 11.2. The number of hydrogen-bond acceptors (Lipinski definition) is 11. The fourth-order valence-corrected chi connectivity index (χ4v) is 10.00. The Morgan fingerprint density at radius 2 is 1.64 bits per heavy atom. The van der Waals surface area contributed by atoms with Gasteiger partial charge in [0, 0.05) is 42.7 Å². The third kappa shape index (κ3) is 7.67.